The van der Waals surface area contributed by atoms with E-state index in [2.05, 4.69) is 55.0 Å². The lowest BCUT2D eigenvalue weighted by Crippen LogP contribution is -2.30. The van der Waals surface area contributed by atoms with Crippen LogP contribution in [-0.2, 0) is 20.9 Å². The molecule has 1 saturated heterocycles. The number of aromatic amines is 1. The summed E-state index contributed by atoms with van der Waals surface area (Å²) in [6, 6.07) is 4.30. The highest BCUT2D eigenvalue weighted by molar-refractivity contribution is 6.12. The molecule has 4 N–H and O–H groups in total. The first kappa shape index (κ1) is 29.4. The lowest BCUT2D eigenvalue weighted by Gasteiger charge is -2.17. The molecule has 208 valence electrons. The number of benzene rings is 1. The van der Waals surface area contributed by atoms with E-state index < -0.39 is 0 Å². The number of H-pyrrole nitrogens is 1. The Bertz CT molecular complexity index is 1140. The summed E-state index contributed by atoms with van der Waals surface area (Å²) >= 11 is 0. The number of imide groups is 1. The van der Waals surface area contributed by atoms with Gasteiger partial charge in [0.2, 0.25) is 5.91 Å². The van der Waals surface area contributed by atoms with Crippen LogP contribution >= 0.6 is 0 Å². The first-order chi connectivity index (χ1) is 18.1. The van der Waals surface area contributed by atoms with Crippen molar-refractivity contribution in [3.63, 3.8) is 0 Å². The van der Waals surface area contributed by atoms with E-state index >= 15 is 0 Å². The number of nitrogens with two attached hydrogens (primary N) is 1. The highest BCUT2D eigenvalue weighted by Gasteiger charge is 2.23. The zero-order valence-corrected chi connectivity index (χ0v) is 23.7. The summed E-state index contributed by atoms with van der Waals surface area (Å²) in [6.45, 7) is 12.9. The second-order valence-electron chi connectivity index (χ2n) is 10.9. The lowest BCUT2D eigenvalue weighted by molar-refractivity contribution is -0.136. The van der Waals surface area contributed by atoms with E-state index in [0.717, 1.165) is 31.5 Å². The molecule has 0 aliphatic carbocycles. The summed E-state index contributed by atoms with van der Waals surface area (Å²) in [7, 11) is 1.61. The number of amides is 3. The van der Waals surface area contributed by atoms with Crippen LogP contribution in [0.25, 0.3) is 10.9 Å². The number of unbranched alkanes of at least 4 members (excludes halogenated alkanes) is 2. The van der Waals surface area contributed by atoms with Gasteiger partial charge in [-0.05, 0) is 62.2 Å². The normalized spacial score (nSPS) is 15.7. The van der Waals surface area contributed by atoms with Crippen molar-refractivity contribution in [2.24, 2.45) is 0 Å². The lowest BCUT2D eigenvalue weighted by atomic mass is 9.94. The van der Waals surface area contributed by atoms with Gasteiger partial charge in [0.15, 0.2) is 0 Å². The highest BCUT2D eigenvalue weighted by atomic mass is 16.2. The van der Waals surface area contributed by atoms with Crippen molar-refractivity contribution < 1.29 is 14.4 Å². The minimum Gasteiger partial charge on any atom is -0.398 e. The number of likely N-dealkylation sites (tertiary alicyclic amines) is 1. The number of rotatable bonds is 10. The number of nitrogens with one attached hydrogen (secondary N) is 2. The van der Waals surface area contributed by atoms with E-state index in [9.17, 15) is 14.4 Å². The predicted molar refractivity (Wildman–Crippen MR) is 154 cm³/mol. The zero-order chi connectivity index (χ0) is 27.8. The van der Waals surface area contributed by atoms with Gasteiger partial charge in [-0.15, -0.1) is 0 Å². The SMILES string of the molecule is CC(C)c1[nH]c2c(CN3CCCC3)c(N)ccc2c1C(C)C.CNC(=O)CCCCCN1C(=O)C=CC1=O. The zero-order valence-electron chi connectivity index (χ0n) is 23.7. The maximum absolute atomic E-state index is 11.2. The summed E-state index contributed by atoms with van der Waals surface area (Å²) in [6.07, 6.45) is 8.06. The molecule has 0 atom stereocenters. The average molecular weight is 524 g/mol. The number of hydrogen-bond donors (Lipinski definition) is 3. The Morgan fingerprint density at radius 1 is 1.00 bits per heavy atom. The van der Waals surface area contributed by atoms with Crippen LogP contribution in [0, 0.1) is 0 Å². The van der Waals surface area contributed by atoms with Crippen LogP contribution in [0.15, 0.2) is 24.3 Å². The maximum Gasteiger partial charge on any atom is 0.253 e. The van der Waals surface area contributed by atoms with Crippen LogP contribution in [-0.4, -0.2) is 59.2 Å². The van der Waals surface area contributed by atoms with Gasteiger partial charge in [0.25, 0.3) is 11.8 Å². The fourth-order valence-electron chi connectivity index (χ4n) is 5.30. The summed E-state index contributed by atoms with van der Waals surface area (Å²) in [4.78, 5) is 40.7. The molecule has 1 fully saturated rings. The van der Waals surface area contributed by atoms with Crippen molar-refractivity contribution in [1.29, 1.82) is 0 Å². The quantitative estimate of drug-likeness (QED) is 0.235. The Balaban J connectivity index is 0.000000223. The molecule has 4 rings (SSSR count). The minimum atomic E-state index is -0.240. The van der Waals surface area contributed by atoms with Gasteiger partial charge in [-0.25, -0.2) is 0 Å². The Morgan fingerprint density at radius 2 is 1.66 bits per heavy atom. The molecule has 2 aliphatic heterocycles. The van der Waals surface area contributed by atoms with Gasteiger partial charge in [-0.1, -0.05) is 40.2 Å². The van der Waals surface area contributed by atoms with E-state index in [1.54, 1.807) is 7.05 Å². The van der Waals surface area contributed by atoms with Crippen LogP contribution < -0.4 is 11.1 Å². The number of aromatic nitrogens is 1. The summed E-state index contributed by atoms with van der Waals surface area (Å²) in [5.74, 6) is 0.572. The topological polar surface area (TPSA) is 112 Å². The summed E-state index contributed by atoms with van der Waals surface area (Å²) in [5.41, 5.74) is 12.6. The van der Waals surface area contributed by atoms with Gasteiger partial charge in [0.1, 0.15) is 0 Å². The fourth-order valence-corrected chi connectivity index (χ4v) is 5.30. The van der Waals surface area contributed by atoms with Crippen molar-refractivity contribution in [2.45, 2.75) is 84.6 Å². The van der Waals surface area contributed by atoms with Crippen LogP contribution in [0.3, 0.4) is 0 Å². The monoisotopic (exact) mass is 523 g/mol. The number of carbonyl (C=O) groups excluding carboxylic acids is 3. The van der Waals surface area contributed by atoms with Gasteiger partial charge >= 0.3 is 0 Å². The van der Waals surface area contributed by atoms with Gasteiger partial charge in [-0.3, -0.25) is 24.2 Å². The molecule has 8 heteroatoms. The number of carbonyl (C=O) groups is 3. The van der Waals surface area contributed by atoms with E-state index in [1.807, 2.05) is 0 Å². The smallest absolute Gasteiger partial charge is 0.253 e. The molecule has 3 heterocycles. The third kappa shape index (κ3) is 7.25. The predicted octanol–water partition coefficient (Wildman–Crippen LogP) is 4.81. The van der Waals surface area contributed by atoms with Crippen molar-refractivity contribution in [1.82, 2.24) is 20.1 Å². The first-order valence-electron chi connectivity index (χ1n) is 14.0. The molecule has 0 spiro atoms. The molecule has 0 bridgehead atoms. The Labute approximate surface area is 227 Å². The molecule has 2 aromatic rings. The number of nitrogen functional groups attached to an aromatic ring is 1. The molecule has 2 aliphatic rings. The van der Waals surface area contributed by atoms with E-state index in [4.69, 9.17) is 5.73 Å². The van der Waals surface area contributed by atoms with Crippen molar-refractivity contribution >= 4 is 34.3 Å². The Hall–Kier alpha value is -3.13. The molecule has 0 saturated carbocycles. The fraction of sp³-hybridized carbons (Fsp3) is 0.567. The summed E-state index contributed by atoms with van der Waals surface area (Å²) in [5, 5.41) is 3.91. The van der Waals surface area contributed by atoms with Gasteiger partial charge in [0.05, 0.1) is 5.52 Å². The Kier molecular flexibility index (Phi) is 10.5. The third-order valence-electron chi connectivity index (χ3n) is 7.39. The van der Waals surface area contributed by atoms with Crippen molar-refractivity contribution in [3.8, 4) is 0 Å². The second kappa shape index (κ2) is 13.6. The first-order valence-corrected chi connectivity index (χ1v) is 14.0. The number of hydrogen-bond acceptors (Lipinski definition) is 5. The molecule has 3 amide bonds. The van der Waals surface area contributed by atoms with Gasteiger partial charge in [0, 0.05) is 61.0 Å². The number of fused-ring (bicyclic) bond motifs is 1. The average Bonchev–Trinajstić information content (AvgIpc) is 3.61. The van der Waals surface area contributed by atoms with E-state index in [-0.39, 0.29) is 17.7 Å². The number of anilines is 1. The maximum atomic E-state index is 11.2. The molecule has 1 aromatic carbocycles. The summed E-state index contributed by atoms with van der Waals surface area (Å²) < 4.78 is 0. The van der Waals surface area contributed by atoms with Crippen LogP contribution in [0.2, 0.25) is 0 Å². The third-order valence-corrected chi connectivity index (χ3v) is 7.39. The molecule has 0 unspecified atom stereocenters. The van der Waals surface area contributed by atoms with Crippen molar-refractivity contribution in [3.05, 3.63) is 41.1 Å². The van der Waals surface area contributed by atoms with Crippen LogP contribution in [0.1, 0.15) is 94.9 Å². The highest BCUT2D eigenvalue weighted by Crippen LogP contribution is 2.37. The molecule has 1 aromatic heterocycles. The van der Waals surface area contributed by atoms with E-state index in [1.165, 1.54) is 70.7 Å². The molecular weight excluding hydrogens is 478 g/mol. The largest absolute Gasteiger partial charge is 0.398 e. The number of nitrogens with zero attached hydrogens (tertiary/aromatic N) is 2. The van der Waals surface area contributed by atoms with Gasteiger partial charge in [-0.2, -0.15) is 0 Å². The van der Waals surface area contributed by atoms with Gasteiger partial charge < -0.3 is 16.0 Å². The van der Waals surface area contributed by atoms with Crippen LogP contribution in [0.4, 0.5) is 5.69 Å². The molecule has 8 nitrogen and oxygen atoms in total. The molecule has 0 radical (unpaired) electrons. The van der Waals surface area contributed by atoms with E-state index in [0.29, 0.717) is 24.8 Å². The minimum absolute atomic E-state index is 0.0231. The molecular formula is C30H45N5O3. The second-order valence-corrected chi connectivity index (χ2v) is 10.9. The Morgan fingerprint density at radius 3 is 2.24 bits per heavy atom. The van der Waals surface area contributed by atoms with Crippen molar-refractivity contribution in [2.75, 3.05) is 32.4 Å². The standard InChI is InChI=1S/C19H29N3.C11H16N2O3/c1-12(2)17-14-7-8-16(20)15(11-22-9-5-6-10-22)19(14)21-18(17)13(3)4;1-12-9(14)5-3-2-4-8-13-10(15)6-7-11(13)16/h7-8,12-13,21H,5-6,9-11,20H2,1-4H3;6-7H,2-5,8H2,1H3,(H,12,14). The molecule has 38 heavy (non-hydrogen) atoms. The van der Waals surface area contributed by atoms with Crippen LogP contribution in [0.5, 0.6) is 0 Å².